The smallest absolute Gasteiger partial charge is 0.221 e. The van der Waals surface area contributed by atoms with Gasteiger partial charge in [0.2, 0.25) is 5.91 Å². The van der Waals surface area contributed by atoms with Crippen LogP contribution in [0.1, 0.15) is 39.5 Å². The van der Waals surface area contributed by atoms with Gasteiger partial charge in [0, 0.05) is 25.0 Å². The standard InChI is InChI=1S/C11H20N2O/c1-11(2)7-9(11)13-8-4-3-5-12-10(14)6-8/h8-9,13H,3-7H2,1-2H3,(H,12,14). The SMILES string of the molecule is CC1(C)CC1NC1CCCNC(=O)C1. The molecule has 2 atom stereocenters. The fourth-order valence-corrected chi connectivity index (χ4v) is 2.15. The maximum Gasteiger partial charge on any atom is 0.221 e. The summed E-state index contributed by atoms with van der Waals surface area (Å²) in [6.07, 6.45) is 4.15. The highest BCUT2D eigenvalue weighted by Crippen LogP contribution is 2.45. The Kier molecular flexibility index (Phi) is 2.52. The van der Waals surface area contributed by atoms with E-state index in [1.165, 1.54) is 6.42 Å². The lowest BCUT2D eigenvalue weighted by molar-refractivity contribution is -0.121. The summed E-state index contributed by atoms with van der Waals surface area (Å²) in [5.41, 5.74) is 0.461. The minimum Gasteiger partial charge on any atom is -0.356 e. The Morgan fingerprint density at radius 2 is 2.21 bits per heavy atom. The number of carbonyl (C=O) groups is 1. The monoisotopic (exact) mass is 196 g/mol. The number of hydrogen-bond acceptors (Lipinski definition) is 2. The average Bonchev–Trinajstić information content (AvgIpc) is 2.72. The first-order valence-corrected chi connectivity index (χ1v) is 5.61. The molecule has 0 aromatic heterocycles. The normalized spacial score (nSPS) is 36.0. The summed E-state index contributed by atoms with van der Waals surface area (Å²) in [4.78, 5) is 11.3. The number of amides is 1. The Balaban J connectivity index is 1.82. The Labute approximate surface area is 85.6 Å². The number of carbonyl (C=O) groups excluding carboxylic acids is 1. The van der Waals surface area contributed by atoms with Crippen LogP contribution in [0.25, 0.3) is 0 Å². The topological polar surface area (TPSA) is 41.1 Å². The van der Waals surface area contributed by atoms with Crippen LogP contribution >= 0.6 is 0 Å². The van der Waals surface area contributed by atoms with Gasteiger partial charge in [-0.25, -0.2) is 0 Å². The maximum absolute atomic E-state index is 11.3. The van der Waals surface area contributed by atoms with E-state index in [0.29, 0.717) is 23.9 Å². The molecular weight excluding hydrogens is 176 g/mol. The maximum atomic E-state index is 11.3. The first-order chi connectivity index (χ1) is 6.58. The summed E-state index contributed by atoms with van der Waals surface area (Å²) < 4.78 is 0. The molecule has 2 fully saturated rings. The second-order valence-corrected chi connectivity index (χ2v) is 5.31. The molecule has 14 heavy (non-hydrogen) atoms. The van der Waals surface area contributed by atoms with E-state index in [1.807, 2.05) is 0 Å². The van der Waals surface area contributed by atoms with Gasteiger partial charge in [-0.3, -0.25) is 4.79 Å². The first-order valence-electron chi connectivity index (χ1n) is 5.61. The Bertz CT molecular complexity index is 237. The van der Waals surface area contributed by atoms with Gasteiger partial charge in [0.1, 0.15) is 0 Å². The van der Waals surface area contributed by atoms with E-state index in [0.717, 1.165) is 19.4 Å². The van der Waals surface area contributed by atoms with E-state index in [-0.39, 0.29) is 5.91 Å². The zero-order chi connectivity index (χ0) is 10.2. The van der Waals surface area contributed by atoms with Crippen LogP contribution < -0.4 is 10.6 Å². The van der Waals surface area contributed by atoms with E-state index < -0.39 is 0 Å². The van der Waals surface area contributed by atoms with Gasteiger partial charge in [-0.1, -0.05) is 13.8 Å². The van der Waals surface area contributed by atoms with Gasteiger partial charge in [0.25, 0.3) is 0 Å². The molecule has 0 spiro atoms. The quantitative estimate of drug-likeness (QED) is 0.693. The fraction of sp³-hybridized carbons (Fsp3) is 0.909. The molecule has 2 rings (SSSR count). The van der Waals surface area contributed by atoms with Gasteiger partial charge >= 0.3 is 0 Å². The molecule has 1 saturated heterocycles. The van der Waals surface area contributed by atoms with Crippen LogP contribution in [0.2, 0.25) is 0 Å². The van der Waals surface area contributed by atoms with Crippen molar-refractivity contribution in [1.82, 2.24) is 10.6 Å². The zero-order valence-corrected chi connectivity index (χ0v) is 9.10. The molecule has 3 nitrogen and oxygen atoms in total. The third-order valence-electron chi connectivity index (χ3n) is 3.43. The molecule has 1 saturated carbocycles. The van der Waals surface area contributed by atoms with Gasteiger partial charge in [-0.05, 0) is 24.7 Å². The van der Waals surface area contributed by atoms with Crippen molar-refractivity contribution in [2.45, 2.75) is 51.6 Å². The lowest BCUT2D eigenvalue weighted by Gasteiger charge is -2.16. The molecule has 0 bridgehead atoms. The van der Waals surface area contributed by atoms with E-state index >= 15 is 0 Å². The third-order valence-corrected chi connectivity index (χ3v) is 3.43. The molecule has 1 aliphatic carbocycles. The molecule has 0 radical (unpaired) electrons. The van der Waals surface area contributed by atoms with E-state index in [9.17, 15) is 4.79 Å². The molecule has 2 aliphatic rings. The van der Waals surface area contributed by atoms with Gasteiger partial charge in [-0.2, -0.15) is 0 Å². The molecule has 0 aromatic rings. The molecule has 3 heteroatoms. The number of hydrogen-bond donors (Lipinski definition) is 2. The summed E-state index contributed by atoms with van der Waals surface area (Å²) in [6, 6.07) is 1.04. The second-order valence-electron chi connectivity index (χ2n) is 5.31. The molecule has 1 heterocycles. The summed E-state index contributed by atoms with van der Waals surface area (Å²) in [7, 11) is 0. The fourth-order valence-electron chi connectivity index (χ4n) is 2.15. The van der Waals surface area contributed by atoms with Crippen LogP contribution in [-0.2, 0) is 4.79 Å². The van der Waals surface area contributed by atoms with Crippen molar-refractivity contribution in [1.29, 1.82) is 0 Å². The second kappa shape index (κ2) is 3.54. The summed E-state index contributed by atoms with van der Waals surface area (Å²) in [5.74, 6) is 0.207. The predicted molar refractivity (Wildman–Crippen MR) is 56.0 cm³/mol. The third kappa shape index (κ3) is 2.27. The van der Waals surface area contributed by atoms with Gasteiger partial charge in [0.15, 0.2) is 0 Å². The van der Waals surface area contributed by atoms with Crippen LogP contribution in [0.4, 0.5) is 0 Å². The highest BCUT2D eigenvalue weighted by Gasteiger charge is 2.46. The lowest BCUT2D eigenvalue weighted by Crippen LogP contribution is -2.35. The highest BCUT2D eigenvalue weighted by atomic mass is 16.1. The number of rotatable bonds is 2. The van der Waals surface area contributed by atoms with Crippen molar-refractivity contribution >= 4 is 5.91 Å². The molecule has 2 unspecified atom stereocenters. The van der Waals surface area contributed by atoms with Crippen molar-refractivity contribution in [3.05, 3.63) is 0 Å². The van der Waals surface area contributed by atoms with E-state index in [1.54, 1.807) is 0 Å². The lowest BCUT2D eigenvalue weighted by atomic mass is 10.1. The van der Waals surface area contributed by atoms with Crippen LogP contribution in [-0.4, -0.2) is 24.5 Å². The molecule has 80 valence electrons. The minimum atomic E-state index is 0.207. The van der Waals surface area contributed by atoms with Crippen molar-refractivity contribution in [3.63, 3.8) is 0 Å². The average molecular weight is 196 g/mol. The Morgan fingerprint density at radius 1 is 1.50 bits per heavy atom. The first kappa shape index (κ1) is 9.97. The molecule has 0 aromatic carbocycles. The van der Waals surface area contributed by atoms with Crippen LogP contribution in [0.15, 0.2) is 0 Å². The minimum absolute atomic E-state index is 0.207. The van der Waals surface area contributed by atoms with E-state index in [4.69, 9.17) is 0 Å². The van der Waals surface area contributed by atoms with Crippen molar-refractivity contribution in [2.24, 2.45) is 5.41 Å². The molecule has 2 N–H and O–H groups in total. The van der Waals surface area contributed by atoms with Crippen LogP contribution in [0.5, 0.6) is 0 Å². The highest BCUT2D eigenvalue weighted by molar-refractivity contribution is 5.76. The zero-order valence-electron chi connectivity index (χ0n) is 9.10. The predicted octanol–water partition coefficient (Wildman–Crippen LogP) is 1.04. The van der Waals surface area contributed by atoms with Crippen molar-refractivity contribution in [3.8, 4) is 0 Å². The summed E-state index contributed by atoms with van der Waals surface area (Å²) >= 11 is 0. The van der Waals surface area contributed by atoms with Crippen molar-refractivity contribution in [2.75, 3.05) is 6.54 Å². The Morgan fingerprint density at radius 3 is 2.86 bits per heavy atom. The Hall–Kier alpha value is -0.570. The van der Waals surface area contributed by atoms with Crippen LogP contribution in [0, 0.1) is 5.41 Å². The van der Waals surface area contributed by atoms with Crippen LogP contribution in [0.3, 0.4) is 0 Å². The van der Waals surface area contributed by atoms with E-state index in [2.05, 4.69) is 24.5 Å². The van der Waals surface area contributed by atoms with Gasteiger partial charge < -0.3 is 10.6 Å². The summed E-state index contributed by atoms with van der Waals surface area (Å²) in [5, 5.41) is 6.50. The van der Waals surface area contributed by atoms with Crippen molar-refractivity contribution < 1.29 is 4.79 Å². The van der Waals surface area contributed by atoms with Gasteiger partial charge in [-0.15, -0.1) is 0 Å². The molecule has 1 aliphatic heterocycles. The largest absolute Gasteiger partial charge is 0.356 e. The molecular formula is C11H20N2O. The number of nitrogens with one attached hydrogen (secondary N) is 2. The van der Waals surface area contributed by atoms with Gasteiger partial charge in [0.05, 0.1) is 0 Å². The summed E-state index contributed by atoms with van der Waals surface area (Å²) in [6.45, 7) is 5.41. The molecule has 1 amide bonds.